The molecular formula is C17H22N4O. The summed E-state index contributed by atoms with van der Waals surface area (Å²) in [6.07, 6.45) is 5.95. The van der Waals surface area contributed by atoms with Crippen molar-refractivity contribution < 1.29 is 4.74 Å². The number of hydrogen-bond acceptors (Lipinski definition) is 5. The fourth-order valence-electron chi connectivity index (χ4n) is 2.72. The van der Waals surface area contributed by atoms with E-state index in [0.717, 1.165) is 36.5 Å². The van der Waals surface area contributed by atoms with E-state index in [1.165, 1.54) is 0 Å². The van der Waals surface area contributed by atoms with Crippen LogP contribution in [0, 0.1) is 6.92 Å². The maximum Gasteiger partial charge on any atom is 0.163 e. The van der Waals surface area contributed by atoms with Gasteiger partial charge in [0.2, 0.25) is 0 Å². The molecule has 22 heavy (non-hydrogen) atoms. The van der Waals surface area contributed by atoms with Gasteiger partial charge in [0.25, 0.3) is 0 Å². The quantitative estimate of drug-likeness (QED) is 0.939. The first-order valence-corrected chi connectivity index (χ1v) is 7.70. The van der Waals surface area contributed by atoms with Crippen molar-refractivity contribution in [3.05, 3.63) is 36.3 Å². The van der Waals surface area contributed by atoms with E-state index in [9.17, 15) is 0 Å². The minimum Gasteiger partial charge on any atom is -0.371 e. The highest BCUT2D eigenvalue weighted by molar-refractivity contribution is 5.56. The van der Waals surface area contributed by atoms with E-state index >= 15 is 0 Å². The van der Waals surface area contributed by atoms with Crippen molar-refractivity contribution in [3.8, 4) is 11.4 Å². The van der Waals surface area contributed by atoms with Gasteiger partial charge in [0.05, 0.1) is 11.7 Å². The molecule has 0 aliphatic carbocycles. The molecule has 0 amide bonds. The minimum absolute atomic E-state index is 0.00516. The summed E-state index contributed by atoms with van der Waals surface area (Å²) in [4.78, 5) is 13.2. The number of anilines is 1. The summed E-state index contributed by atoms with van der Waals surface area (Å²) in [6.45, 7) is 7.03. The normalized spacial score (nSPS) is 20.0. The maximum atomic E-state index is 6.00. The van der Waals surface area contributed by atoms with Gasteiger partial charge >= 0.3 is 0 Å². The zero-order valence-corrected chi connectivity index (χ0v) is 13.3. The topological polar surface area (TPSA) is 59.9 Å². The van der Waals surface area contributed by atoms with Crippen molar-refractivity contribution in [2.45, 2.75) is 45.3 Å². The summed E-state index contributed by atoms with van der Waals surface area (Å²) in [7, 11) is 0. The van der Waals surface area contributed by atoms with E-state index in [2.05, 4.69) is 34.1 Å². The molecular weight excluding hydrogens is 276 g/mol. The Balaban J connectivity index is 1.71. The molecule has 1 N–H and O–H groups in total. The molecule has 1 fully saturated rings. The average Bonchev–Trinajstić information content (AvgIpc) is 2.85. The largest absolute Gasteiger partial charge is 0.371 e. The Morgan fingerprint density at radius 2 is 2.23 bits per heavy atom. The summed E-state index contributed by atoms with van der Waals surface area (Å²) >= 11 is 0. The molecule has 0 saturated carbocycles. The predicted octanol–water partition coefficient (Wildman–Crippen LogP) is 3.22. The Morgan fingerprint density at radius 3 is 2.91 bits per heavy atom. The lowest BCUT2D eigenvalue weighted by Crippen LogP contribution is -2.25. The molecule has 3 rings (SSSR count). The molecule has 1 unspecified atom stereocenters. The average molecular weight is 298 g/mol. The second-order valence-electron chi connectivity index (χ2n) is 6.38. The van der Waals surface area contributed by atoms with Crippen LogP contribution in [0.25, 0.3) is 11.4 Å². The number of nitrogens with one attached hydrogen (secondary N) is 1. The molecule has 1 aliphatic rings. The lowest BCUT2D eigenvalue weighted by atomic mass is 10.1. The molecule has 0 spiro atoms. The first-order chi connectivity index (χ1) is 10.5. The number of aromatic nitrogens is 3. The molecule has 3 heterocycles. The maximum absolute atomic E-state index is 6.00. The van der Waals surface area contributed by atoms with Crippen LogP contribution in [0.5, 0.6) is 0 Å². The Kier molecular flexibility index (Phi) is 4.07. The van der Waals surface area contributed by atoms with E-state index in [1.807, 2.05) is 25.1 Å². The second kappa shape index (κ2) is 6.01. The fourth-order valence-corrected chi connectivity index (χ4v) is 2.72. The van der Waals surface area contributed by atoms with Gasteiger partial charge in [-0.2, -0.15) is 0 Å². The second-order valence-corrected chi connectivity index (χ2v) is 6.38. The molecule has 1 atom stereocenters. The van der Waals surface area contributed by atoms with Crippen LogP contribution in [-0.4, -0.2) is 33.2 Å². The highest BCUT2D eigenvalue weighted by Crippen LogP contribution is 2.29. The molecule has 0 radical (unpaired) electrons. The lowest BCUT2D eigenvalue weighted by molar-refractivity contribution is -0.00914. The van der Waals surface area contributed by atoms with Crippen LogP contribution in [0.3, 0.4) is 0 Å². The van der Waals surface area contributed by atoms with Crippen molar-refractivity contribution >= 4 is 5.82 Å². The number of aryl methyl sites for hydroxylation is 1. The van der Waals surface area contributed by atoms with Crippen LogP contribution in [0.2, 0.25) is 0 Å². The summed E-state index contributed by atoms with van der Waals surface area (Å²) < 4.78 is 6.00. The third kappa shape index (κ3) is 3.60. The van der Waals surface area contributed by atoms with Crippen LogP contribution in [0.15, 0.2) is 30.6 Å². The van der Waals surface area contributed by atoms with Gasteiger partial charge < -0.3 is 10.1 Å². The standard InChI is InChI=1S/C17H22N4O/c1-12-9-15(19-11-14-6-7-17(2,3)22-14)21-16(20-12)13-5-4-8-18-10-13/h4-5,8-10,14H,6-7,11H2,1-3H3,(H,19,20,21). The highest BCUT2D eigenvalue weighted by atomic mass is 16.5. The molecule has 5 heteroatoms. The molecule has 1 aliphatic heterocycles. The van der Waals surface area contributed by atoms with E-state index in [-0.39, 0.29) is 11.7 Å². The van der Waals surface area contributed by atoms with Crippen molar-refractivity contribution in [2.75, 3.05) is 11.9 Å². The van der Waals surface area contributed by atoms with Crippen molar-refractivity contribution in [1.29, 1.82) is 0 Å². The van der Waals surface area contributed by atoms with E-state index in [1.54, 1.807) is 12.4 Å². The zero-order valence-electron chi connectivity index (χ0n) is 13.3. The molecule has 1 saturated heterocycles. The number of hydrogen-bond donors (Lipinski definition) is 1. The van der Waals surface area contributed by atoms with Gasteiger partial charge in [0.15, 0.2) is 5.82 Å². The SMILES string of the molecule is Cc1cc(NCC2CCC(C)(C)O2)nc(-c2cccnc2)n1. The van der Waals surface area contributed by atoms with Crippen LogP contribution >= 0.6 is 0 Å². The third-order valence-electron chi connectivity index (χ3n) is 3.84. The van der Waals surface area contributed by atoms with Crippen LogP contribution < -0.4 is 5.32 Å². The number of rotatable bonds is 4. The first kappa shape index (κ1) is 14.9. The summed E-state index contributed by atoms with van der Waals surface area (Å²) in [6, 6.07) is 5.82. The van der Waals surface area contributed by atoms with Gasteiger partial charge in [-0.25, -0.2) is 9.97 Å². The molecule has 2 aromatic rings. The summed E-state index contributed by atoms with van der Waals surface area (Å²) in [5.41, 5.74) is 1.85. The third-order valence-corrected chi connectivity index (χ3v) is 3.84. The highest BCUT2D eigenvalue weighted by Gasteiger charge is 2.31. The monoisotopic (exact) mass is 298 g/mol. The zero-order chi connectivity index (χ0) is 15.6. The van der Waals surface area contributed by atoms with E-state index in [0.29, 0.717) is 5.82 Å². The first-order valence-electron chi connectivity index (χ1n) is 7.70. The minimum atomic E-state index is -0.00516. The molecule has 2 aromatic heterocycles. The lowest BCUT2D eigenvalue weighted by Gasteiger charge is -2.19. The van der Waals surface area contributed by atoms with E-state index in [4.69, 9.17) is 4.74 Å². The molecule has 0 bridgehead atoms. The summed E-state index contributed by atoms with van der Waals surface area (Å²) in [5, 5.41) is 3.38. The van der Waals surface area contributed by atoms with Crippen molar-refractivity contribution in [1.82, 2.24) is 15.0 Å². The number of pyridine rings is 1. The van der Waals surface area contributed by atoms with Gasteiger partial charge in [0, 0.05) is 36.3 Å². The summed E-state index contributed by atoms with van der Waals surface area (Å²) in [5.74, 6) is 1.53. The number of ether oxygens (including phenoxy) is 1. The Hall–Kier alpha value is -2.01. The van der Waals surface area contributed by atoms with Gasteiger partial charge in [-0.1, -0.05) is 0 Å². The van der Waals surface area contributed by atoms with E-state index < -0.39 is 0 Å². The smallest absolute Gasteiger partial charge is 0.163 e. The van der Waals surface area contributed by atoms with Gasteiger partial charge in [0.1, 0.15) is 5.82 Å². The van der Waals surface area contributed by atoms with Crippen molar-refractivity contribution in [3.63, 3.8) is 0 Å². The molecule has 0 aromatic carbocycles. The molecule has 116 valence electrons. The van der Waals surface area contributed by atoms with Crippen LogP contribution in [-0.2, 0) is 4.74 Å². The Morgan fingerprint density at radius 1 is 1.36 bits per heavy atom. The van der Waals surface area contributed by atoms with Gasteiger partial charge in [-0.05, 0) is 45.7 Å². The Labute approximate surface area is 131 Å². The fraction of sp³-hybridized carbons (Fsp3) is 0.471. The molecule has 5 nitrogen and oxygen atoms in total. The van der Waals surface area contributed by atoms with Gasteiger partial charge in [-0.15, -0.1) is 0 Å². The van der Waals surface area contributed by atoms with Crippen LogP contribution in [0.1, 0.15) is 32.4 Å². The van der Waals surface area contributed by atoms with Gasteiger partial charge in [-0.3, -0.25) is 4.98 Å². The predicted molar refractivity (Wildman–Crippen MR) is 86.7 cm³/mol. The number of nitrogens with zero attached hydrogens (tertiary/aromatic N) is 3. The van der Waals surface area contributed by atoms with Crippen LogP contribution in [0.4, 0.5) is 5.82 Å². The Bertz CT molecular complexity index is 642. The van der Waals surface area contributed by atoms with Crippen molar-refractivity contribution in [2.24, 2.45) is 0 Å².